The fraction of sp³-hybridized carbons (Fsp3) is 0.300. The number of nitrogens with one attached hydrogen (secondary N) is 1. The van der Waals surface area contributed by atoms with Gasteiger partial charge in [0, 0.05) is 26.4 Å². The topological polar surface area (TPSA) is 126 Å². The number of hydrogen-bond acceptors (Lipinski definition) is 6. The highest BCUT2D eigenvalue weighted by Gasteiger charge is 2.22. The molecule has 0 saturated heterocycles. The lowest BCUT2D eigenvalue weighted by Gasteiger charge is -2.16. The van der Waals surface area contributed by atoms with Crippen molar-refractivity contribution in [2.24, 2.45) is 0 Å². The lowest BCUT2D eigenvalue weighted by molar-refractivity contribution is -0.384. The van der Waals surface area contributed by atoms with E-state index in [0.29, 0.717) is 0 Å². The van der Waals surface area contributed by atoms with Crippen LogP contribution in [0.3, 0.4) is 0 Å². The summed E-state index contributed by atoms with van der Waals surface area (Å²) in [6.45, 7) is -0.128. The SMILES string of the molecule is CNC(=O)CN(C)c1ncc(C(=O)O)cc1[N+](=O)[O-]. The van der Waals surface area contributed by atoms with Crippen LogP contribution < -0.4 is 10.2 Å². The number of carbonyl (C=O) groups is 2. The van der Waals surface area contributed by atoms with Crippen molar-refractivity contribution in [1.82, 2.24) is 10.3 Å². The number of nitro groups is 1. The van der Waals surface area contributed by atoms with Gasteiger partial charge < -0.3 is 15.3 Å². The molecule has 1 rings (SSSR count). The molecule has 0 aliphatic heterocycles. The maximum atomic E-state index is 11.2. The zero-order chi connectivity index (χ0) is 14.6. The van der Waals surface area contributed by atoms with Crippen LogP contribution in [0.1, 0.15) is 10.4 Å². The molecule has 0 bridgehead atoms. The minimum Gasteiger partial charge on any atom is -0.478 e. The van der Waals surface area contributed by atoms with Crippen LogP contribution in [0.15, 0.2) is 12.3 Å². The van der Waals surface area contributed by atoms with Crippen molar-refractivity contribution < 1.29 is 19.6 Å². The maximum Gasteiger partial charge on any atom is 0.337 e. The first-order valence-corrected chi connectivity index (χ1v) is 5.16. The third-order valence-electron chi connectivity index (χ3n) is 2.31. The smallest absolute Gasteiger partial charge is 0.337 e. The molecule has 2 N–H and O–H groups in total. The van der Waals surface area contributed by atoms with Crippen LogP contribution in [0.2, 0.25) is 0 Å². The van der Waals surface area contributed by atoms with Crippen LogP contribution in [0.5, 0.6) is 0 Å². The molecule has 19 heavy (non-hydrogen) atoms. The lowest BCUT2D eigenvalue weighted by atomic mass is 10.2. The second kappa shape index (κ2) is 5.76. The summed E-state index contributed by atoms with van der Waals surface area (Å²) in [5.41, 5.74) is -0.755. The Morgan fingerprint density at radius 3 is 2.68 bits per heavy atom. The van der Waals surface area contributed by atoms with Crippen LogP contribution in [-0.4, -0.2) is 47.5 Å². The van der Waals surface area contributed by atoms with Crippen LogP contribution in [-0.2, 0) is 4.79 Å². The molecule has 0 aliphatic carbocycles. The summed E-state index contributed by atoms with van der Waals surface area (Å²) in [7, 11) is 2.89. The Labute approximate surface area is 108 Å². The van der Waals surface area contributed by atoms with Crippen molar-refractivity contribution >= 4 is 23.4 Å². The second-order valence-electron chi connectivity index (χ2n) is 3.66. The molecule has 0 unspecified atom stereocenters. The highest BCUT2D eigenvalue weighted by Crippen LogP contribution is 2.25. The summed E-state index contributed by atoms with van der Waals surface area (Å²) in [4.78, 5) is 37.1. The van der Waals surface area contributed by atoms with Gasteiger partial charge in [0.2, 0.25) is 11.7 Å². The minimum absolute atomic E-state index is 0.0707. The van der Waals surface area contributed by atoms with Gasteiger partial charge in [-0.25, -0.2) is 9.78 Å². The second-order valence-corrected chi connectivity index (χ2v) is 3.66. The molecule has 0 fully saturated rings. The Kier molecular flexibility index (Phi) is 4.35. The number of carboxylic acids is 1. The van der Waals surface area contributed by atoms with Gasteiger partial charge >= 0.3 is 11.7 Å². The van der Waals surface area contributed by atoms with Gasteiger partial charge in [-0.2, -0.15) is 0 Å². The molecule has 102 valence electrons. The van der Waals surface area contributed by atoms with Gasteiger partial charge in [0.25, 0.3) is 0 Å². The number of carboxylic acid groups (broad SMARTS) is 1. The summed E-state index contributed by atoms with van der Waals surface area (Å²) in [6.07, 6.45) is 1.00. The molecule has 1 amide bonds. The van der Waals surface area contributed by atoms with E-state index >= 15 is 0 Å². The Hall–Kier alpha value is -2.71. The minimum atomic E-state index is -1.31. The number of pyridine rings is 1. The van der Waals surface area contributed by atoms with Gasteiger partial charge in [-0.1, -0.05) is 0 Å². The zero-order valence-corrected chi connectivity index (χ0v) is 10.3. The molecule has 0 aliphatic rings. The van der Waals surface area contributed by atoms with Crippen molar-refractivity contribution in [2.75, 3.05) is 25.5 Å². The Morgan fingerprint density at radius 1 is 1.58 bits per heavy atom. The molecule has 9 nitrogen and oxygen atoms in total. The number of likely N-dealkylation sites (N-methyl/N-ethyl adjacent to an activating group) is 2. The van der Waals surface area contributed by atoms with Gasteiger partial charge in [0.05, 0.1) is 17.0 Å². The van der Waals surface area contributed by atoms with Crippen LogP contribution in [0.25, 0.3) is 0 Å². The fourth-order valence-corrected chi connectivity index (χ4v) is 1.36. The number of nitrogens with zero attached hydrogens (tertiary/aromatic N) is 3. The number of hydrogen-bond donors (Lipinski definition) is 2. The standard InChI is InChI=1S/C10H12N4O5/c1-11-8(15)5-13(2)9-7(14(18)19)3-6(4-12-9)10(16)17/h3-4H,5H2,1-2H3,(H,11,15)(H,16,17). The quantitative estimate of drug-likeness (QED) is 0.562. The van der Waals surface area contributed by atoms with Crippen LogP contribution >= 0.6 is 0 Å². The lowest BCUT2D eigenvalue weighted by Crippen LogP contribution is -2.33. The molecule has 0 saturated carbocycles. The van der Waals surface area contributed by atoms with Crippen molar-refractivity contribution in [1.29, 1.82) is 0 Å². The highest BCUT2D eigenvalue weighted by molar-refractivity contribution is 5.89. The van der Waals surface area contributed by atoms with E-state index in [-0.39, 0.29) is 23.8 Å². The van der Waals surface area contributed by atoms with Gasteiger partial charge in [0.1, 0.15) is 0 Å². The zero-order valence-electron chi connectivity index (χ0n) is 10.3. The van der Waals surface area contributed by atoms with E-state index < -0.39 is 16.6 Å². The largest absolute Gasteiger partial charge is 0.478 e. The molecule has 0 radical (unpaired) electrons. The molecule has 1 heterocycles. The first-order chi connectivity index (χ1) is 8.86. The average molecular weight is 268 g/mol. The molecule has 0 aromatic carbocycles. The molecular weight excluding hydrogens is 256 g/mol. The molecule has 1 aromatic heterocycles. The third-order valence-corrected chi connectivity index (χ3v) is 2.31. The number of rotatable bonds is 5. The molecule has 0 spiro atoms. The molecule has 1 aromatic rings. The Morgan fingerprint density at radius 2 is 2.21 bits per heavy atom. The predicted molar refractivity (Wildman–Crippen MR) is 65.2 cm³/mol. The summed E-state index contributed by atoms with van der Waals surface area (Å²) < 4.78 is 0. The number of aromatic carboxylic acids is 1. The van der Waals surface area contributed by atoms with Gasteiger partial charge in [-0.3, -0.25) is 14.9 Å². The van der Waals surface area contributed by atoms with Gasteiger partial charge in [-0.15, -0.1) is 0 Å². The van der Waals surface area contributed by atoms with Crippen LogP contribution in [0.4, 0.5) is 11.5 Å². The van der Waals surface area contributed by atoms with E-state index in [4.69, 9.17) is 5.11 Å². The maximum absolute atomic E-state index is 11.2. The molecule has 9 heteroatoms. The number of aromatic nitrogens is 1. The monoisotopic (exact) mass is 268 g/mol. The first kappa shape index (κ1) is 14.4. The number of carbonyl (C=O) groups excluding carboxylic acids is 1. The summed E-state index contributed by atoms with van der Waals surface area (Å²) >= 11 is 0. The van der Waals surface area contributed by atoms with E-state index in [2.05, 4.69) is 10.3 Å². The average Bonchev–Trinajstić information content (AvgIpc) is 2.37. The van der Waals surface area contributed by atoms with E-state index in [0.717, 1.165) is 12.3 Å². The van der Waals surface area contributed by atoms with E-state index in [1.807, 2.05) is 0 Å². The van der Waals surface area contributed by atoms with E-state index in [1.165, 1.54) is 19.0 Å². The van der Waals surface area contributed by atoms with Gasteiger partial charge in [0.15, 0.2) is 0 Å². The predicted octanol–water partition coefficient (Wildman–Crippen LogP) is -0.130. The summed E-state index contributed by atoms with van der Waals surface area (Å²) in [6, 6.07) is 0.908. The summed E-state index contributed by atoms with van der Waals surface area (Å²) in [5, 5.41) is 22.0. The van der Waals surface area contributed by atoms with Crippen LogP contribution in [0, 0.1) is 10.1 Å². The highest BCUT2D eigenvalue weighted by atomic mass is 16.6. The Balaban J connectivity index is 3.16. The van der Waals surface area contributed by atoms with Crippen molar-refractivity contribution in [2.45, 2.75) is 0 Å². The number of anilines is 1. The normalized spacial score (nSPS) is 9.79. The third kappa shape index (κ3) is 3.37. The van der Waals surface area contributed by atoms with E-state index in [9.17, 15) is 19.7 Å². The summed E-state index contributed by atoms with van der Waals surface area (Å²) in [5.74, 6) is -1.73. The molecular formula is C10H12N4O5. The van der Waals surface area contributed by atoms with Crippen molar-refractivity contribution in [3.05, 3.63) is 27.9 Å². The Bertz CT molecular complexity index is 531. The first-order valence-electron chi connectivity index (χ1n) is 5.16. The van der Waals surface area contributed by atoms with E-state index in [1.54, 1.807) is 0 Å². The van der Waals surface area contributed by atoms with Crippen molar-refractivity contribution in [3.63, 3.8) is 0 Å². The molecule has 0 atom stereocenters. The number of amides is 1. The fourth-order valence-electron chi connectivity index (χ4n) is 1.36. The van der Waals surface area contributed by atoms with Gasteiger partial charge in [-0.05, 0) is 0 Å². The van der Waals surface area contributed by atoms with Crippen molar-refractivity contribution in [3.8, 4) is 0 Å².